The Morgan fingerprint density at radius 3 is 2.59 bits per heavy atom. The summed E-state index contributed by atoms with van der Waals surface area (Å²) in [6.07, 6.45) is 0.811. The predicted octanol–water partition coefficient (Wildman–Crippen LogP) is 2.32. The van der Waals surface area contributed by atoms with Crippen molar-refractivity contribution in [2.45, 2.75) is 26.3 Å². The maximum atomic E-state index is 6.06. The molecule has 0 unspecified atom stereocenters. The van der Waals surface area contributed by atoms with E-state index in [1.54, 1.807) is 0 Å². The van der Waals surface area contributed by atoms with Gasteiger partial charge in [-0.3, -0.25) is 0 Å². The zero-order chi connectivity index (χ0) is 12.3. The van der Waals surface area contributed by atoms with E-state index in [-0.39, 0.29) is 6.04 Å². The number of hydrogen-bond acceptors (Lipinski definition) is 4. The molecule has 2 N–H and O–H groups in total. The monoisotopic (exact) mass is 231 g/mol. The van der Waals surface area contributed by atoms with E-state index in [1.165, 1.54) is 0 Å². The smallest absolute Gasteiger partial charge is 0.248 e. The fourth-order valence-electron chi connectivity index (χ4n) is 1.64. The number of benzene rings is 1. The van der Waals surface area contributed by atoms with E-state index in [9.17, 15) is 0 Å². The maximum Gasteiger partial charge on any atom is 0.248 e. The number of aromatic nitrogens is 2. The lowest BCUT2D eigenvalue weighted by Gasteiger charge is -2.05. The highest BCUT2D eigenvalue weighted by molar-refractivity contribution is 5.22. The molecule has 1 aromatic heterocycles. The summed E-state index contributed by atoms with van der Waals surface area (Å²) in [5.41, 5.74) is 7.04. The van der Waals surface area contributed by atoms with E-state index in [2.05, 4.69) is 24.0 Å². The van der Waals surface area contributed by atoms with E-state index in [0.717, 1.165) is 17.8 Å². The highest BCUT2D eigenvalue weighted by Crippen LogP contribution is 2.17. The van der Waals surface area contributed by atoms with Crippen LogP contribution in [0.25, 0.3) is 0 Å². The minimum absolute atomic E-state index is 0.343. The molecule has 2 aromatic rings. The summed E-state index contributed by atoms with van der Waals surface area (Å²) in [6.45, 7) is 4.24. The molecule has 1 atom stereocenters. The van der Waals surface area contributed by atoms with Crippen molar-refractivity contribution >= 4 is 0 Å². The van der Waals surface area contributed by atoms with Gasteiger partial charge in [0.15, 0.2) is 5.82 Å². The SMILES string of the molecule is CC(C)Cc1noc([C@@H](N)c2ccccc2)n1. The molecule has 0 radical (unpaired) electrons. The van der Waals surface area contributed by atoms with Gasteiger partial charge in [0, 0.05) is 6.42 Å². The molecule has 0 aliphatic carbocycles. The lowest BCUT2D eigenvalue weighted by molar-refractivity contribution is 0.360. The molecular weight excluding hydrogens is 214 g/mol. The highest BCUT2D eigenvalue weighted by Gasteiger charge is 2.16. The minimum Gasteiger partial charge on any atom is -0.337 e. The van der Waals surface area contributed by atoms with E-state index >= 15 is 0 Å². The molecule has 1 aromatic carbocycles. The molecular formula is C13H17N3O. The van der Waals surface area contributed by atoms with E-state index < -0.39 is 0 Å². The normalized spacial score (nSPS) is 12.9. The van der Waals surface area contributed by atoms with Crippen LogP contribution in [0.4, 0.5) is 0 Å². The highest BCUT2D eigenvalue weighted by atomic mass is 16.5. The van der Waals surface area contributed by atoms with Crippen LogP contribution < -0.4 is 5.73 Å². The lowest BCUT2D eigenvalue weighted by Crippen LogP contribution is -2.12. The number of nitrogens with zero attached hydrogens (tertiary/aromatic N) is 2. The van der Waals surface area contributed by atoms with Crippen molar-refractivity contribution in [3.63, 3.8) is 0 Å². The van der Waals surface area contributed by atoms with Crippen LogP contribution in [0.5, 0.6) is 0 Å². The summed E-state index contributed by atoms with van der Waals surface area (Å²) in [5, 5.41) is 3.94. The van der Waals surface area contributed by atoms with Crippen molar-refractivity contribution in [3.05, 3.63) is 47.6 Å². The first-order chi connectivity index (χ1) is 8.16. The van der Waals surface area contributed by atoms with Gasteiger partial charge in [-0.25, -0.2) is 0 Å². The molecule has 0 aliphatic rings. The fraction of sp³-hybridized carbons (Fsp3) is 0.385. The maximum absolute atomic E-state index is 6.06. The van der Waals surface area contributed by atoms with E-state index in [4.69, 9.17) is 10.3 Å². The Bertz CT molecular complexity index is 465. The first-order valence-electron chi connectivity index (χ1n) is 5.80. The van der Waals surface area contributed by atoms with E-state index in [0.29, 0.717) is 11.8 Å². The predicted molar refractivity (Wildman–Crippen MR) is 65.3 cm³/mol. The molecule has 0 saturated heterocycles. The van der Waals surface area contributed by atoms with Crippen LogP contribution in [0.15, 0.2) is 34.9 Å². The van der Waals surface area contributed by atoms with Crippen molar-refractivity contribution in [1.82, 2.24) is 10.1 Å². The molecule has 4 nitrogen and oxygen atoms in total. The Balaban J connectivity index is 2.15. The second-order valence-corrected chi connectivity index (χ2v) is 4.54. The number of nitrogens with two attached hydrogens (primary N) is 1. The van der Waals surface area contributed by atoms with Gasteiger partial charge >= 0.3 is 0 Å². The summed E-state index contributed by atoms with van der Waals surface area (Å²) >= 11 is 0. The number of rotatable bonds is 4. The van der Waals surface area contributed by atoms with Gasteiger partial charge < -0.3 is 10.3 Å². The van der Waals surface area contributed by atoms with Crippen LogP contribution in [-0.4, -0.2) is 10.1 Å². The van der Waals surface area contributed by atoms with Crippen LogP contribution in [0, 0.1) is 5.92 Å². The Labute approximate surface area is 101 Å². The minimum atomic E-state index is -0.343. The second kappa shape index (κ2) is 5.10. The molecule has 4 heteroatoms. The summed E-state index contributed by atoms with van der Waals surface area (Å²) in [4.78, 5) is 4.32. The first-order valence-corrected chi connectivity index (χ1v) is 5.80. The molecule has 17 heavy (non-hydrogen) atoms. The van der Waals surface area contributed by atoms with Gasteiger partial charge in [-0.2, -0.15) is 4.98 Å². The molecule has 0 bridgehead atoms. The van der Waals surface area contributed by atoms with Gasteiger partial charge in [0.25, 0.3) is 0 Å². The molecule has 0 saturated carbocycles. The fourth-order valence-corrected chi connectivity index (χ4v) is 1.64. The topological polar surface area (TPSA) is 64.9 Å². The van der Waals surface area contributed by atoms with Crippen LogP contribution >= 0.6 is 0 Å². The second-order valence-electron chi connectivity index (χ2n) is 4.54. The third-order valence-electron chi connectivity index (χ3n) is 2.50. The quantitative estimate of drug-likeness (QED) is 0.877. The van der Waals surface area contributed by atoms with Gasteiger partial charge in [0.2, 0.25) is 5.89 Å². The molecule has 1 heterocycles. The molecule has 2 rings (SSSR count). The largest absolute Gasteiger partial charge is 0.337 e. The molecule has 0 fully saturated rings. The zero-order valence-corrected chi connectivity index (χ0v) is 10.1. The number of hydrogen-bond donors (Lipinski definition) is 1. The van der Waals surface area contributed by atoms with Crippen LogP contribution in [0.3, 0.4) is 0 Å². The van der Waals surface area contributed by atoms with E-state index in [1.807, 2.05) is 30.3 Å². The Morgan fingerprint density at radius 2 is 1.94 bits per heavy atom. The molecule has 0 amide bonds. The van der Waals surface area contributed by atoms with Gasteiger partial charge in [-0.15, -0.1) is 0 Å². The van der Waals surface area contributed by atoms with Crippen molar-refractivity contribution < 1.29 is 4.52 Å². The Kier molecular flexibility index (Phi) is 3.54. The Morgan fingerprint density at radius 1 is 1.24 bits per heavy atom. The van der Waals surface area contributed by atoms with Gasteiger partial charge in [-0.1, -0.05) is 49.3 Å². The molecule has 0 spiro atoms. The average Bonchev–Trinajstić information content (AvgIpc) is 2.77. The van der Waals surface area contributed by atoms with Gasteiger partial charge in [0.1, 0.15) is 6.04 Å². The van der Waals surface area contributed by atoms with Crippen LogP contribution in [0.2, 0.25) is 0 Å². The first kappa shape index (κ1) is 11.8. The summed E-state index contributed by atoms with van der Waals surface area (Å²) in [6, 6.07) is 9.41. The third-order valence-corrected chi connectivity index (χ3v) is 2.50. The van der Waals surface area contributed by atoms with Gasteiger partial charge in [0.05, 0.1) is 0 Å². The van der Waals surface area contributed by atoms with Crippen LogP contribution in [0.1, 0.15) is 37.2 Å². The zero-order valence-electron chi connectivity index (χ0n) is 10.1. The standard InChI is InChI=1S/C13H17N3O/c1-9(2)8-11-15-13(17-16-11)12(14)10-6-4-3-5-7-10/h3-7,9,12H,8,14H2,1-2H3/t12-/m0/s1. The van der Waals surface area contributed by atoms with Crippen molar-refractivity contribution in [3.8, 4) is 0 Å². The van der Waals surface area contributed by atoms with Crippen molar-refractivity contribution in [2.24, 2.45) is 11.7 Å². The van der Waals surface area contributed by atoms with Crippen molar-refractivity contribution in [2.75, 3.05) is 0 Å². The average molecular weight is 231 g/mol. The summed E-state index contributed by atoms with van der Waals surface area (Å²) in [5.74, 6) is 1.71. The van der Waals surface area contributed by atoms with Crippen molar-refractivity contribution in [1.29, 1.82) is 0 Å². The Hall–Kier alpha value is -1.68. The third kappa shape index (κ3) is 2.91. The molecule has 90 valence electrons. The lowest BCUT2D eigenvalue weighted by atomic mass is 10.1. The van der Waals surface area contributed by atoms with Crippen LogP contribution in [-0.2, 0) is 6.42 Å². The van der Waals surface area contributed by atoms with Gasteiger partial charge in [-0.05, 0) is 11.5 Å². The summed E-state index contributed by atoms with van der Waals surface area (Å²) < 4.78 is 5.20. The molecule has 0 aliphatic heterocycles. The summed E-state index contributed by atoms with van der Waals surface area (Å²) in [7, 11) is 0.